The molecule has 3 atom stereocenters. The van der Waals surface area contributed by atoms with Crippen molar-refractivity contribution >= 4 is 0 Å². The van der Waals surface area contributed by atoms with E-state index < -0.39 is 0 Å². The fraction of sp³-hybridized carbons (Fsp3) is 0.400. The first-order valence-corrected chi connectivity index (χ1v) is 6.49. The minimum absolute atomic E-state index is 0.405. The SMILES string of the molecule is CNC(c1cncn1C)C1CC1c1ccccc1. The Morgan fingerprint density at radius 1 is 1.33 bits per heavy atom. The molecule has 1 N–H and O–H groups in total. The highest BCUT2D eigenvalue weighted by atomic mass is 15.1. The summed E-state index contributed by atoms with van der Waals surface area (Å²) >= 11 is 0. The molecule has 0 aliphatic heterocycles. The summed E-state index contributed by atoms with van der Waals surface area (Å²) in [6.45, 7) is 0. The Morgan fingerprint density at radius 2 is 2.11 bits per heavy atom. The smallest absolute Gasteiger partial charge is 0.0946 e. The summed E-state index contributed by atoms with van der Waals surface area (Å²) in [5.74, 6) is 1.38. The predicted molar refractivity (Wildman–Crippen MR) is 72.3 cm³/mol. The summed E-state index contributed by atoms with van der Waals surface area (Å²) in [5.41, 5.74) is 2.74. The van der Waals surface area contributed by atoms with Gasteiger partial charge in [0.05, 0.1) is 18.1 Å². The Bertz CT molecular complexity index is 518. The van der Waals surface area contributed by atoms with Crippen LogP contribution in [0.1, 0.15) is 29.6 Å². The zero-order chi connectivity index (χ0) is 12.5. The lowest BCUT2D eigenvalue weighted by molar-refractivity contribution is 0.490. The van der Waals surface area contributed by atoms with Crippen LogP contribution in [-0.2, 0) is 7.05 Å². The summed E-state index contributed by atoms with van der Waals surface area (Å²) < 4.78 is 2.11. The number of hydrogen-bond donors (Lipinski definition) is 1. The van der Waals surface area contributed by atoms with E-state index in [-0.39, 0.29) is 0 Å². The maximum atomic E-state index is 4.22. The van der Waals surface area contributed by atoms with Crippen molar-refractivity contribution in [2.75, 3.05) is 7.05 Å². The molecule has 0 bridgehead atoms. The third kappa shape index (κ3) is 1.95. The largest absolute Gasteiger partial charge is 0.336 e. The van der Waals surface area contributed by atoms with Crippen LogP contribution < -0.4 is 5.32 Å². The molecule has 18 heavy (non-hydrogen) atoms. The van der Waals surface area contributed by atoms with Crippen LogP contribution in [0.15, 0.2) is 42.9 Å². The predicted octanol–water partition coefficient (Wildman–Crippen LogP) is 2.48. The maximum Gasteiger partial charge on any atom is 0.0946 e. The molecule has 1 heterocycles. The zero-order valence-electron chi connectivity index (χ0n) is 10.9. The molecule has 94 valence electrons. The molecule has 3 rings (SSSR count). The van der Waals surface area contributed by atoms with Gasteiger partial charge in [-0.1, -0.05) is 30.3 Å². The lowest BCUT2D eigenvalue weighted by Crippen LogP contribution is -2.21. The zero-order valence-corrected chi connectivity index (χ0v) is 10.9. The van der Waals surface area contributed by atoms with Gasteiger partial charge < -0.3 is 9.88 Å². The number of benzene rings is 1. The number of rotatable bonds is 4. The van der Waals surface area contributed by atoms with Gasteiger partial charge in [-0.3, -0.25) is 0 Å². The van der Waals surface area contributed by atoms with Gasteiger partial charge >= 0.3 is 0 Å². The van der Waals surface area contributed by atoms with Crippen molar-refractivity contribution in [1.82, 2.24) is 14.9 Å². The van der Waals surface area contributed by atoms with Gasteiger partial charge in [0.2, 0.25) is 0 Å². The van der Waals surface area contributed by atoms with Crippen LogP contribution >= 0.6 is 0 Å². The topological polar surface area (TPSA) is 29.9 Å². The van der Waals surface area contributed by atoms with E-state index in [0.29, 0.717) is 17.9 Å². The van der Waals surface area contributed by atoms with Crippen molar-refractivity contribution < 1.29 is 0 Å². The third-order valence-corrected chi connectivity index (χ3v) is 3.98. The Kier molecular flexibility index (Phi) is 2.92. The minimum atomic E-state index is 0.405. The number of hydrogen-bond acceptors (Lipinski definition) is 2. The Hall–Kier alpha value is -1.61. The van der Waals surface area contributed by atoms with Crippen molar-refractivity contribution in [2.24, 2.45) is 13.0 Å². The molecule has 3 heteroatoms. The molecule has 1 aromatic heterocycles. The van der Waals surface area contributed by atoms with Crippen LogP contribution in [0.4, 0.5) is 0 Å². The molecule has 1 aromatic carbocycles. The van der Waals surface area contributed by atoms with E-state index in [1.165, 1.54) is 17.7 Å². The van der Waals surface area contributed by atoms with Gasteiger partial charge in [-0.15, -0.1) is 0 Å². The molecule has 3 unspecified atom stereocenters. The molecule has 1 aliphatic carbocycles. The number of nitrogens with zero attached hydrogens (tertiary/aromatic N) is 2. The van der Waals surface area contributed by atoms with Crippen LogP contribution in [0.5, 0.6) is 0 Å². The van der Waals surface area contributed by atoms with Crippen molar-refractivity contribution in [3.63, 3.8) is 0 Å². The first-order valence-electron chi connectivity index (χ1n) is 6.49. The molecule has 1 fully saturated rings. The number of aromatic nitrogens is 2. The molecule has 3 nitrogen and oxygen atoms in total. The Labute approximate surface area is 108 Å². The Morgan fingerprint density at radius 3 is 2.72 bits per heavy atom. The van der Waals surface area contributed by atoms with E-state index in [1.54, 1.807) is 0 Å². The molecular weight excluding hydrogens is 222 g/mol. The van der Waals surface area contributed by atoms with Gasteiger partial charge in [-0.2, -0.15) is 0 Å². The first kappa shape index (κ1) is 11.5. The van der Waals surface area contributed by atoms with Gasteiger partial charge in [0.25, 0.3) is 0 Å². The molecule has 2 aromatic rings. The van der Waals surface area contributed by atoms with Crippen LogP contribution in [0, 0.1) is 5.92 Å². The third-order valence-electron chi connectivity index (χ3n) is 3.98. The quantitative estimate of drug-likeness (QED) is 0.891. The molecule has 1 saturated carbocycles. The minimum Gasteiger partial charge on any atom is -0.336 e. The van der Waals surface area contributed by atoms with E-state index >= 15 is 0 Å². The van der Waals surface area contributed by atoms with Gasteiger partial charge in [0, 0.05) is 13.2 Å². The summed E-state index contributed by atoms with van der Waals surface area (Å²) in [5, 5.41) is 3.45. The fourth-order valence-corrected chi connectivity index (χ4v) is 2.91. The summed E-state index contributed by atoms with van der Waals surface area (Å²) in [6.07, 6.45) is 5.11. The van der Waals surface area contributed by atoms with Crippen molar-refractivity contribution in [2.45, 2.75) is 18.4 Å². The highest BCUT2D eigenvalue weighted by molar-refractivity contribution is 5.28. The van der Waals surface area contributed by atoms with Gasteiger partial charge in [0.15, 0.2) is 0 Å². The van der Waals surface area contributed by atoms with Gasteiger partial charge in [-0.05, 0) is 30.9 Å². The molecular formula is C15H19N3. The second-order valence-corrected chi connectivity index (χ2v) is 5.11. The number of imidazole rings is 1. The lowest BCUT2D eigenvalue weighted by Gasteiger charge is -2.16. The van der Waals surface area contributed by atoms with Crippen LogP contribution in [-0.4, -0.2) is 16.6 Å². The van der Waals surface area contributed by atoms with E-state index in [1.807, 2.05) is 19.6 Å². The normalized spacial score (nSPS) is 23.9. The summed E-state index contributed by atoms with van der Waals surface area (Å²) in [7, 11) is 4.10. The van der Waals surface area contributed by atoms with Crippen LogP contribution in [0.2, 0.25) is 0 Å². The molecule has 0 saturated heterocycles. The molecule has 0 radical (unpaired) electrons. The van der Waals surface area contributed by atoms with E-state index in [4.69, 9.17) is 0 Å². The lowest BCUT2D eigenvalue weighted by atomic mass is 10.0. The van der Waals surface area contributed by atoms with Crippen molar-refractivity contribution in [3.8, 4) is 0 Å². The first-order chi connectivity index (χ1) is 8.81. The highest BCUT2D eigenvalue weighted by Crippen LogP contribution is 2.53. The average molecular weight is 241 g/mol. The second-order valence-electron chi connectivity index (χ2n) is 5.11. The fourth-order valence-electron chi connectivity index (χ4n) is 2.91. The highest BCUT2D eigenvalue weighted by Gasteiger charge is 2.44. The van der Waals surface area contributed by atoms with Gasteiger partial charge in [0.1, 0.15) is 0 Å². The molecule has 0 spiro atoms. The second kappa shape index (κ2) is 4.58. The van der Waals surface area contributed by atoms with Crippen molar-refractivity contribution in [3.05, 3.63) is 54.1 Å². The van der Waals surface area contributed by atoms with E-state index in [0.717, 1.165) is 0 Å². The number of nitrogens with one attached hydrogen (secondary N) is 1. The number of aryl methyl sites for hydroxylation is 1. The van der Waals surface area contributed by atoms with Crippen LogP contribution in [0.3, 0.4) is 0 Å². The van der Waals surface area contributed by atoms with Gasteiger partial charge in [-0.25, -0.2) is 4.98 Å². The molecule has 1 aliphatic rings. The van der Waals surface area contributed by atoms with Crippen LogP contribution in [0.25, 0.3) is 0 Å². The maximum absolute atomic E-state index is 4.22. The van der Waals surface area contributed by atoms with Crippen molar-refractivity contribution in [1.29, 1.82) is 0 Å². The average Bonchev–Trinajstić information content (AvgIpc) is 3.08. The van der Waals surface area contributed by atoms with E-state index in [9.17, 15) is 0 Å². The molecule has 0 amide bonds. The van der Waals surface area contributed by atoms with E-state index in [2.05, 4.69) is 52.2 Å². The monoisotopic (exact) mass is 241 g/mol. The Balaban J connectivity index is 1.79. The summed E-state index contributed by atoms with van der Waals surface area (Å²) in [4.78, 5) is 4.22. The summed E-state index contributed by atoms with van der Waals surface area (Å²) in [6, 6.07) is 11.2. The standard InChI is InChI=1S/C15H19N3/c1-16-15(14-9-17-10-18(14)2)13-8-12(13)11-6-4-3-5-7-11/h3-7,9-10,12-13,15-16H,8H2,1-2H3.